The van der Waals surface area contributed by atoms with E-state index in [1.807, 2.05) is 7.05 Å². The molecule has 3 N–H and O–H groups in total. The zero-order valence-corrected chi connectivity index (χ0v) is 10.9. The number of rotatable bonds is 6. The second-order valence-electron chi connectivity index (χ2n) is 4.81. The number of hydrogen-bond donors (Lipinski definition) is 2. The van der Waals surface area contributed by atoms with E-state index in [9.17, 15) is 0 Å². The number of hydrogen-bond acceptors (Lipinski definition) is 6. The van der Waals surface area contributed by atoms with E-state index in [-0.39, 0.29) is 0 Å². The van der Waals surface area contributed by atoms with Gasteiger partial charge in [0.05, 0.1) is 6.10 Å². The van der Waals surface area contributed by atoms with Gasteiger partial charge in [0.25, 0.3) is 0 Å². The Balaban J connectivity index is 1.53. The van der Waals surface area contributed by atoms with Gasteiger partial charge in [0.1, 0.15) is 0 Å². The molecule has 1 aromatic rings. The highest BCUT2D eigenvalue weighted by atomic mass is 16.5. The van der Waals surface area contributed by atoms with Crippen molar-refractivity contribution >= 4 is 5.95 Å². The van der Waals surface area contributed by atoms with Crippen LogP contribution >= 0.6 is 0 Å². The molecule has 102 valence electrons. The van der Waals surface area contributed by atoms with Crippen LogP contribution in [-0.2, 0) is 11.8 Å². The van der Waals surface area contributed by atoms with E-state index in [2.05, 4.69) is 20.8 Å². The van der Waals surface area contributed by atoms with Crippen molar-refractivity contribution in [1.82, 2.24) is 20.2 Å². The molecule has 0 saturated heterocycles. The predicted octanol–water partition coefficient (Wildman–Crippen LogP) is 0.299. The Morgan fingerprint density at radius 3 is 2.83 bits per heavy atom. The van der Waals surface area contributed by atoms with Crippen molar-refractivity contribution in [2.75, 3.05) is 18.5 Å². The SMILES string of the molecule is Cn1nnnc1NCCCOC1CCC(N)CC1. The third-order valence-electron chi connectivity index (χ3n) is 3.30. The van der Waals surface area contributed by atoms with E-state index in [4.69, 9.17) is 10.5 Å². The first-order valence-corrected chi connectivity index (χ1v) is 6.59. The van der Waals surface area contributed by atoms with Crippen molar-refractivity contribution in [3.8, 4) is 0 Å². The maximum atomic E-state index is 5.86. The molecule has 1 aromatic heterocycles. The molecule has 18 heavy (non-hydrogen) atoms. The van der Waals surface area contributed by atoms with Crippen LogP contribution in [0.15, 0.2) is 0 Å². The standard InChI is InChI=1S/C11H22N6O/c1-17-11(14-15-16-17)13-7-2-8-18-10-5-3-9(12)4-6-10/h9-10H,2-8,12H2,1H3,(H,13,14,16). The maximum absolute atomic E-state index is 5.86. The van der Waals surface area contributed by atoms with E-state index < -0.39 is 0 Å². The first-order chi connectivity index (χ1) is 8.75. The highest BCUT2D eigenvalue weighted by Gasteiger charge is 2.18. The Morgan fingerprint density at radius 2 is 2.17 bits per heavy atom. The molecule has 1 heterocycles. The number of nitrogens with two attached hydrogens (primary N) is 1. The molecular formula is C11H22N6O. The van der Waals surface area contributed by atoms with Crippen LogP contribution in [0.3, 0.4) is 0 Å². The molecular weight excluding hydrogens is 232 g/mol. The summed E-state index contributed by atoms with van der Waals surface area (Å²) in [6.45, 7) is 1.60. The summed E-state index contributed by atoms with van der Waals surface area (Å²) in [5, 5.41) is 14.3. The first kappa shape index (κ1) is 13.2. The lowest BCUT2D eigenvalue weighted by atomic mass is 9.94. The summed E-state index contributed by atoms with van der Waals surface area (Å²) in [5.41, 5.74) is 5.86. The second-order valence-corrected chi connectivity index (χ2v) is 4.81. The average Bonchev–Trinajstić information content (AvgIpc) is 2.77. The molecule has 7 nitrogen and oxygen atoms in total. The van der Waals surface area contributed by atoms with Crippen molar-refractivity contribution in [2.24, 2.45) is 12.8 Å². The monoisotopic (exact) mass is 254 g/mol. The molecule has 0 amide bonds. The number of tetrazole rings is 1. The molecule has 0 spiro atoms. The van der Waals surface area contributed by atoms with Gasteiger partial charge in [0.2, 0.25) is 5.95 Å². The number of aromatic nitrogens is 4. The fraction of sp³-hybridized carbons (Fsp3) is 0.909. The molecule has 0 unspecified atom stereocenters. The lowest BCUT2D eigenvalue weighted by Gasteiger charge is -2.26. The highest BCUT2D eigenvalue weighted by molar-refractivity contribution is 5.20. The molecule has 1 saturated carbocycles. The smallest absolute Gasteiger partial charge is 0.242 e. The van der Waals surface area contributed by atoms with Crippen molar-refractivity contribution in [3.05, 3.63) is 0 Å². The number of anilines is 1. The fourth-order valence-electron chi connectivity index (χ4n) is 2.16. The van der Waals surface area contributed by atoms with Crippen LogP contribution < -0.4 is 11.1 Å². The summed E-state index contributed by atoms with van der Waals surface area (Å²) < 4.78 is 7.44. The Labute approximate surface area is 107 Å². The number of ether oxygens (including phenoxy) is 1. The van der Waals surface area contributed by atoms with Gasteiger partial charge in [-0.15, -0.1) is 0 Å². The normalized spacial score (nSPS) is 24.1. The third kappa shape index (κ3) is 3.92. The number of nitrogens with one attached hydrogen (secondary N) is 1. The van der Waals surface area contributed by atoms with Gasteiger partial charge in [-0.1, -0.05) is 5.10 Å². The highest BCUT2D eigenvalue weighted by Crippen LogP contribution is 2.19. The van der Waals surface area contributed by atoms with Crippen LogP contribution in [0.2, 0.25) is 0 Å². The van der Waals surface area contributed by atoms with Gasteiger partial charge in [-0.3, -0.25) is 0 Å². The lowest BCUT2D eigenvalue weighted by Crippen LogP contribution is -2.30. The molecule has 0 radical (unpaired) electrons. The van der Waals surface area contributed by atoms with Crippen LogP contribution in [0.1, 0.15) is 32.1 Å². The van der Waals surface area contributed by atoms with E-state index in [0.717, 1.165) is 45.3 Å². The molecule has 7 heteroatoms. The quantitative estimate of drug-likeness (QED) is 0.709. The minimum Gasteiger partial charge on any atom is -0.378 e. The van der Waals surface area contributed by atoms with E-state index >= 15 is 0 Å². The minimum absolute atomic E-state index is 0.384. The fourth-order valence-corrected chi connectivity index (χ4v) is 2.16. The molecule has 0 bridgehead atoms. The lowest BCUT2D eigenvalue weighted by molar-refractivity contribution is 0.0251. The van der Waals surface area contributed by atoms with Gasteiger partial charge < -0.3 is 15.8 Å². The second kappa shape index (κ2) is 6.65. The van der Waals surface area contributed by atoms with Crippen LogP contribution in [0.25, 0.3) is 0 Å². The van der Waals surface area contributed by atoms with E-state index in [1.165, 1.54) is 0 Å². The van der Waals surface area contributed by atoms with Crippen molar-refractivity contribution in [3.63, 3.8) is 0 Å². The van der Waals surface area contributed by atoms with Crippen LogP contribution in [0.5, 0.6) is 0 Å². The molecule has 0 aromatic carbocycles. The predicted molar refractivity (Wildman–Crippen MR) is 68.1 cm³/mol. The minimum atomic E-state index is 0.384. The summed E-state index contributed by atoms with van der Waals surface area (Å²) in [7, 11) is 1.81. The van der Waals surface area contributed by atoms with Gasteiger partial charge in [-0.05, 0) is 42.5 Å². The number of aryl methyl sites for hydroxylation is 1. The summed E-state index contributed by atoms with van der Waals surface area (Å²) in [5.74, 6) is 0.693. The molecule has 0 atom stereocenters. The van der Waals surface area contributed by atoms with Crippen LogP contribution in [-0.4, -0.2) is 45.5 Å². The van der Waals surface area contributed by atoms with Gasteiger partial charge in [-0.2, -0.15) is 0 Å². The Bertz CT molecular complexity index is 347. The van der Waals surface area contributed by atoms with Gasteiger partial charge >= 0.3 is 0 Å². The summed E-state index contributed by atoms with van der Waals surface area (Å²) in [6, 6.07) is 0.384. The molecule has 2 rings (SSSR count). The van der Waals surface area contributed by atoms with Crippen LogP contribution in [0, 0.1) is 0 Å². The number of nitrogens with zero attached hydrogens (tertiary/aromatic N) is 4. The third-order valence-corrected chi connectivity index (χ3v) is 3.30. The molecule has 1 aliphatic rings. The Hall–Kier alpha value is -1.21. The van der Waals surface area contributed by atoms with E-state index in [0.29, 0.717) is 18.1 Å². The summed E-state index contributed by atoms with van der Waals surface area (Å²) >= 11 is 0. The maximum Gasteiger partial charge on any atom is 0.242 e. The van der Waals surface area contributed by atoms with Gasteiger partial charge in [0.15, 0.2) is 0 Å². The van der Waals surface area contributed by atoms with Gasteiger partial charge in [-0.25, -0.2) is 4.68 Å². The zero-order valence-electron chi connectivity index (χ0n) is 10.9. The van der Waals surface area contributed by atoms with Crippen molar-refractivity contribution in [2.45, 2.75) is 44.2 Å². The molecule has 1 aliphatic carbocycles. The Kier molecular flexibility index (Phi) is 4.89. The summed E-state index contributed by atoms with van der Waals surface area (Å²) in [6.07, 6.45) is 5.74. The Morgan fingerprint density at radius 1 is 1.39 bits per heavy atom. The summed E-state index contributed by atoms with van der Waals surface area (Å²) in [4.78, 5) is 0. The largest absolute Gasteiger partial charge is 0.378 e. The first-order valence-electron chi connectivity index (χ1n) is 6.59. The molecule has 0 aliphatic heterocycles. The molecule has 1 fully saturated rings. The average molecular weight is 254 g/mol. The van der Waals surface area contributed by atoms with Gasteiger partial charge in [0, 0.05) is 26.2 Å². The van der Waals surface area contributed by atoms with Crippen molar-refractivity contribution < 1.29 is 4.74 Å². The topological polar surface area (TPSA) is 90.9 Å². The van der Waals surface area contributed by atoms with E-state index in [1.54, 1.807) is 4.68 Å². The van der Waals surface area contributed by atoms with Crippen molar-refractivity contribution in [1.29, 1.82) is 0 Å². The zero-order chi connectivity index (χ0) is 12.8. The van der Waals surface area contributed by atoms with Crippen LogP contribution in [0.4, 0.5) is 5.95 Å².